The zero-order valence-corrected chi connectivity index (χ0v) is 22.2. The number of sulfonamides is 1. The number of carbonyl (C=O) groups is 1. The molecule has 0 aromatic heterocycles. The number of rotatable bonds is 6. The van der Waals surface area contributed by atoms with Crippen LogP contribution >= 0.6 is 11.6 Å². The van der Waals surface area contributed by atoms with Crippen LogP contribution in [0.2, 0.25) is 5.02 Å². The molecule has 2 aromatic rings. The summed E-state index contributed by atoms with van der Waals surface area (Å²) in [5.41, 5.74) is 3.76. The van der Waals surface area contributed by atoms with E-state index >= 15 is 0 Å². The summed E-state index contributed by atoms with van der Waals surface area (Å²) in [6.45, 7) is 9.97. The zero-order chi connectivity index (χ0) is 25.2. The van der Waals surface area contributed by atoms with Crippen molar-refractivity contribution >= 4 is 33.2 Å². The lowest BCUT2D eigenvalue weighted by molar-refractivity contribution is -0.137. The maximum absolute atomic E-state index is 13.3. The van der Waals surface area contributed by atoms with Gasteiger partial charge in [-0.15, -0.1) is 0 Å². The van der Waals surface area contributed by atoms with Crippen LogP contribution in [-0.2, 0) is 14.8 Å². The molecule has 2 aliphatic heterocycles. The number of ether oxygens (including phenoxy) is 1. The molecule has 190 valence electrons. The summed E-state index contributed by atoms with van der Waals surface area (Å²) in [5, 5.41) is 0.263. The van der Waals surface area contributed by atoms with Gasteiger partial charge in [0.2, 0.25) is 15.9 Å². The van der Waals surface area contributed by atoms with Crippen molar-refractivity contribution in [2.24, 2.45) is 5.92 Å². The highest BCUT2D eigenvalue weighted by molar-refractivity contribution is 7.89. The van der Waals surface area contributed by atoms with E-state index in [9.17, 15) is 13.2 Å². The summed E-state index contributed by atoms with van der Waals surface area (Å²) in [7, 11) is -3.75. The van der Waals surface area contributed by atoms with Crippen LogP contribution in [-0.4, -0.2) is 69.4 Å². The smallest absolute Gasteiger partial charge is 0.243 e. The second kappa shape index (κ2) is 10.8. The minimum atomic E-state index is -3.75. The van der Waals surface area contributed by atoms with Crippen molar-refractivity contribution in [3.63, 3.8) is 0 Å². The Labute approximate surface area is 213 Å². The van der Waals surface area contributed by atoms with Crippen molar-refractivity contribution in [3.05, 3.63) is 52.5 Å². The minimum Gasteiger partial charge on any atom is -0.492 e. The number of piperazine rings is 1. The number of amides is 1. The van der Waals surface area contributed by atoms with Crippen molar-refractivity contribution in [3.8, 4) is 5.75 Å². The van der Waals surface area contributed by atoms with Gasteiger partial charge in [0.05, 0.1) is 22.4 Å². The molecule has 0 bridgehead atoms. The maximum Gasteiger partial charge on any atom is 0.243 e. The Morgan fingerprint density at radius 2 is 1.83 bits per heavy atom. The summed E-state index contributed by atoms with van der Waals surface area (Å²) >= 11 is 6.24. The lowest BCUT2D eigenvalue weighted by Crippen LogP contribution is -2.53. The van der Waals surface area contributed by atoms with E-state index < -0.39 is 10.0 Å². The van der Waals surface area contributed by atoms with Gasteiger partial charge in [-0.1, -0.05) is 23.7 Å². The first kappa shape index (κ1) is 25.8. The van der Waals surface area contributed by atoms with Gasteiger partial charge in [0.15, 0.2) is 0 Å². The van der Waals surface area contributed by atoms with Crippen LogP contribution in [0.3, 0.4) is 0 Å². The molecule has 1 amide bonds. The Bertz CT molecular complexity index is 1180. The molecular formula is C26H34ClN3O4S. The molecule has 4 rings (SSSR count). The second-order valence-corrected chi connectivity index (χ2v) is 11.6. The molecule has 0 aliphatic carbocycles. The Morgan fingerprint density at radius 1 is 1.09 bits per heavy atom. The first-order valence-electron chi connectivity index (χ1n) is 12.2. The van der Waals surface area contributed by atoms with E-state index in [4.69, 9.17) is 16.3 Å². The number of aryl methyl sites for hydroxylation is 1. The number of nitrogens with zero attached hydrogens (tertiary/aromatic N) is 3. The Hall–Kier alpha value is -2.29. The van der Waals surface area contributed by atoms with Crippen LogP contribution in [0.25, 0.3) is 0 Å². The van der Waals surface area contributed by atoms with Crippen molar-refractivity contribution < 1.29 is 17.9 Å². The summed E-state index contributed by atoms with van der Waals surface area (Å²) in [5.74, 6) is 0.180. The second-order valence-electron chi connectivity index (χ2n) is 9.26. The van der Waals surface area contributed by atoms with E-state index in [1.165, 1.54) is 33.3 Å². The molecule has 0 spiro atoms. The number of halogens is 1. The maximum atomic E-state index is 13.3. The molecule has 0 unspecified atom stereocenters. The zero-order valence-electron chi connectivity index (χ0n) is 20.7. The Balaban J connectivity index is 1.40. The van der Waals surface area contributed by atoms with E-state index in [-0.39, 0.29) is 28.3 Å². The third-order valence-corrected chi connectivity index (χ3v) is 9.24. The molecule has 2 aromatic carbocycles. The van der Waals surface area contributed by atoms with Crippen LogP contribution in [0.1, 0.15) is 30.9 Å². The van der Waals surface area contributed by atoms with Crippen molar-refractivity contribution in [2.75, 3.05) is 50.8 Å². The van der Waals surface area contributed by atoms with Gasteiger partial charge >= 0.3 is 0 Å². The molecule has 1 atom stereocenters. The van der Waals surface area contributed by atoms with Crippen molar-refractivity contribution in [2.45, 2.75) is 38.5 Å². The number of hydrogen-bond donors (Lipinski definition) is 0. The van der Waals surface area contributed by atoms with Crippen molar-refractivity contribution in [1.82, 2.24) is 9.21 Å². The normalized spacial score (nSPS) is 19.6. The molecule has 0 radical (unpaired) electrons. The molecule has 2 aliphatic rings. The van der Waals surface area contributed by atoms with Crippen LogP contribution in [0.15, 0.2) is 41.3 Å². The van der Waals surface area contributed by atoms with Gasteiger partial charge in [-0.25, -0.2) is 8.42 Å². The molecule has 7 nitrogen and oxygen atoms in total. The highest BCUT2D eigenvalue weighted by atomic mass is 35.5. The van der Waals surface area contributed by atoms with E-state index in [2.05, 4.69) is 36.9 Å². The number of carbonyl (C=O) groups excluding carboxylic acids is 1. The molecule has 2 heterocycles. The van der Waals surface area contributed by atoms with Gasteiger partial charge in [-0.3, -0.25) is 4.79 Å². The summed E-state index contributed by atoms with van der Waals surface area (Å²) in [4.78, 5) is 17.7. The predicted molar refractivity (Wildman–Crippen MR) is 139 cm³/mol. The summed E-state index contributed by atoms with van der Waals surface area (Å²) in [6.07, 6.45) is 1.36. The topological polar surface area (TPSA) is 70.2 Å². The molecular weight excluding hydrogens is 486 g/mol. The summed E-state index contributed by atoms with van der Waals surface area (Å²) in [6, 6.07) is 10.9. The molecule has 35 heavy (non-hydrogen) atoms. The number of benzene rings is 2. The molecule has 9 heteroatoms. The largest absolute Gasteiger partial charge is 0.492 e. The standard InChI is InChI=1S/C26H34ClN3O4S/c1-4-34-25-11-10-22(17-23(25)27)35(32,33)30-12-6-8-21(18-30)26(31)29-15-13-28(14-16-29)24-9-5-7-19(2)20(24)3/h5,7,9-11,17,21H,4,6,8,12-16,18H2,1-3H3/t21-/m1/s1. The van der Waals surface area contributed by atoms with Gasteiger partial charge in [-0.2, -0.15) is 4.31 Å². The molecule has 0 saturated carbocycles. The molecule has 2 fully saturated rings. The fourth-order valence-corrected chi connectivity index (χ4v) is 6.78. The van der Waals surface area contributed by atoms with E-state index in [1.807, 2.05) is 11.8 Å². The van der Waals surface area contributed by atoms with Gasteiger partial charge in [0.1, 0.15) is 5.75 Å². The Morgan fingerprint density at radius 3 is 2.51 bits per heavy atom. The van der Waals surface area contributed by atoms with Crippen LogP contribution in [0.5, 0.6) is 5.75 Å². The lowest BCUT2D eigenvalue weighted by atomic mass is 9.97. The van der Waals surface area contributed by atoms with Gasteiger partial charge in [-0.05, 0) is 69.0 Å². The Kier molecular flexibility index (Phi) is 7.93. The summed E-state index contributed by atoms with van der Waals surface area (Å²) < 4.78 is 33.5. The fourth-order valence-electron chi connectivity index (χ4n) is 4.93. The highest BCUT2D eigenvalue weighted by Gasteiger charge is 2.36. The average molecular weight is 520 g/mol. The number of hydrogen-bond acceptors (Lipinski definition) is 5. The quantitative estimate of drug-likeness (QED) is 0.574. The van der Waals surface area contributed by atoms with Gasteiger partial charge in [0, 0.05) is 45.0 Å². The highest BCUT2D eigenvalue weighted by Crippen LogP contribution is 2.31. The molecule has 2 saturated heterocycles. The monoisotopic (exact) mass is 519 g/mol. The van der Waals surface area contributed by atoms with E-state index in [0.29, 0.717) is 44.8 Å². The first-order chi connectivity index (χ1) is 16.7. The molecule has 0 N–H and O–H groups in total. The third-order valence-electron chi connectivity index (χ3n) is 7.08. The van der Waals surface area contributed by atoms with Crippen LogP contribution in [0, 0.1) is 19.8 Å². The third kappa shape index (κ3) is 5.44. The first-order valence-corrected chi connectivity index (χ1v) is 14.1. The predicted octanol–water partition coefficient (Wildman–Crippen LogP) is 4.11. The fraction of sp³-hybridized carbons (Fsp3) is 0.500. The van der Waals surface area contributed by atoms with Crippen LogP contribution < -0.4 is 9.64 Å². The number of piperidine rings is 1. The number of anilines is 1. The minimum absolute atomic E-state index is 0.0511. The van der Waals surface area contributed by atoms with Crippen LogP contribution in [0.4, 0.5) is 5.69 Å². The van der Waals surface area contributed by atoms with Gasteiger partial charge in [0.25, 0.3) is 0 Å². The average Bonchev–Trinajstić information content (AvgIpc) is 2.87. The SMILES string of the molecule is CCOc1ccc(S(=O)(=O)N2CCC[C@@H](C(=O)N3CCN(c4cccc(C)c4C)CC3)C2)cc1Cl. The lowest BCUT2D eigenvalue weighted by Gasteiger charge is -2.40. The van der Waals surface area contributed by atoms with E-state index in [1.54, 1.807) is 6.07 Å². The van der Waals surface area contributed by atoms with Gasteiger partial charge < -0.3 is 14.5 Å². The van der Waals surface area contributed by atoms with E-state index in [0.717, 1.165) is 13.1 Å². The van der Waals surface area contributed by atoms with Crippen molar-refractivity contribution in [1.29, 1.82) is 0 Å².